The van der Waals surface area contributed by atoms with E-state index in [1.807, 2.05) is 0 Å². The molecule has 0 aromatic heterocycles. The molecule has 0 unspecified atom stereocenters. The summed E-state index contributed by atoms with van der Waals surface area (Å²) in [6.45, 7) is 5.47. The minimum absolute atomic E-state index is 0. The number of aliphatic hydroxyl groups is 8. The Balaban J connectivity index is -0.0000000734. The van der Waals surface area contributed by atoms with Gasteiger partial charge in [-0.25, -0.2) is 0 Å². The van der Waals surface area contributed by atoms with Crippen molar-refractivity contribution >= 4 is 93.1 Å². The van der Waals surface area contributed by atoms with Crippen LogP contribution < -0.4 is 16.8 Å². The molecule has 0 aliphatic heterocycles. The number of rotatable bonds is 35. The molecule has 0 spiro atoms. The number of ketones is 4. The number of hydrogen-bond donors (Lipinski definition) is 29. The number of aliphatic hydroxyl groups excluding tert-OH is 8. The first-order valence-electron chi connectivity index (χ1n) is 24.9. The lowest BCUT2D eigenvalue weighted by atomic mass is 10.2. The lowest BCUT2D eigenvalue weighted by Crippen LogP contribution is -2.39. The summed E-state index contributed by atoms with van der Waals surface area (Å²) in [6.07, 6.45) is 2.81. The van der Waals surface area contributed by atoms with Crippen LogP contribution in [0.2, 0.25) is 36.3 Å². The molecule has 0 saturated heterocycles. The molecule has 0 heterocycles. The topological polar surface area (TPSA) is 821 Å². The van der Waals surface area contributed by atoms with Gasteiger partial charge >= 0.3 is 52.8 Å². The number of nitrogens with zero attached hydrogens (tertiary/aromatic N) is 3. The fourth-order valence-corrected chi connectivity index (χ4v) is 8.21. The third kappa shape index (κ3) is 131. The van der Waals surface area contributed by atoms with E-state index in [-0.39, 0.29) is 152 Å². The third-order valence-corrected chi connectivity index (χ3v) is 14.3. The van der Waals surface area contributed by atoms with Crippen LogP contribution in [0.4, 0.5) is 0 Å². The number of aliphatic imine (C=N–C) groups is 3. The molecular weight excluding hydrogens is 1280 g/mol. The highest BCUT2D eigenvalue weighted by atomic mass is 28.4. The van der Waals surface area contributed by atoms with Crippen molar-refractivity contribution in [2.24, 2.45) is 26.4 Å². The van der Waals surface area contributed by atoms with Crippen molar-refractivity contribution in [3.05, 3.63) is 0 Å². The van der Waals surface area contributed by atoms with E-state index in [9.17, 15) is 19.2 Å². The predicted molar refractivity (Wildman–Crippen MR) is 320 cm³/mol. The molecule has 0 amide bonds. The fraction of sp³-hybridized carbons (Fsp3) is 0.825. The monoisotopic (exact) mass is 1380 g/mol. The normalized spacial score (nSPS) is 11.0. The van der Waals surface area contributed by atoms with Gasteiger partial charge in [-0.2, -0.15) is 0 Å². The summed E-state index contributed by atoms with van der Waals surface area (Å²) < 4.78 is 0. The minimum Gasteiger partial charge on any atom is -0.870 e. The fourth-order valence-electron chi connectivity index (χ4n) is 4.31. The van der Waals surface area contributed by atoms with Crippen LogP contribution in [0.1, 0.15) is 79.1 Å². The van der Waals surface area contributed by atoms with Gasteiger partial charge < -0.3 is 166 Å². The Morgan fingerprint density at radius 3 is 0.802 bits per heavy atom. The van der Waals surface area contributed by atoms with Gasteiger partial charge in [0, 0.05) is 68.0 Å². The molecule has 0 radical (unpaired) electrons. The van der Waals surface area contributed by atoms with Gasteiger partial charge in [-0.3, -0.25) is 34.2 Å². The molecule has 0 bridgehead atoms. The van der Waals surface area contributed by atoms with Crippen LogP contribution in [-0.2, 0) is 30.1 Å². The Labute approximate surface area is 505 Å². The van der Waals surface area contributed by atoms with E-state index in [0.717, 1.165) is 5.71 Å². The standard InChI is InChI=1S/C8H17NO4Si.C6H17NO5Si.2C6H15NO5Si.C5H8O2.2C3H11NO3Si.C3H6O3.4H2O/c1-7(6-8(2)10)9-4-3-5-14(11,12)13;3*8-4-6(5-9)7-2-1-3-13(10,11)12;1-4(6)3-5(2)7;2*4-2-1-3-8(5,6)7;4-1-3(6)2-5;;;;/h11-13H,3-6H2,1-2H3;6-12H,1-5H2;2*8-12H,1-5H2;3H2,1-2H3;2*5-7H,1-4H2;4-5H,1-2H2;4*1H2. The van der Waals surface area contributed by atoms with E-state index in [1.165, 1.54) is 20.8 Å². The number of nitrogens with two attached hydrogens (primary N) is 2. The van der Waals surface area contributed by atoms with Crippen molar-refractivity contribution in [1.82, 2.24) is 5.32 Å². The van der Waals surface area contributed by atoms with Crippen molar-refractivity contribution < 1.29 is 168 Å². The van der Waals surface area contributed by atoms with E-state index >= 15 is 0 Å². The van der Waals surface area contributed by atoms with Crippen molar-refractivity contribution in [2.75, 3.05) is 92.1 Å². The van der Waals surface area contributed by atoms with Crippen LogP contribution >= 0.6 is 0 Å². The predicted octanol–water partition coefficient (Wildman–Crippen LogP) is -14.2. The van der Waals surface area contributed by atoms with Crippen LogP contribution in [0.25, 0.3) is 0 Å². The Kier molecular flexibility index (Phi) is 88.8. The molecule has 0 aliphatic carbocycles. The second kappa shape index (κ2) is 68.6. The molecule has 0 aromatic carbocycles. The van der Waals surface area contributed by atoms with Crippen LogP contribution in [0.5, 0.6) is 0 Å². The van der Waals surface area contributed by atoms with Crippen LogP contribution in [0.15, 0.2) is 15.0 Å². The largest absolute Gasteiger partial charge is 0.870 e. The molecule has 526 valence electrons. The van der Waals surface area contributed by atoms with E-state index in [4.69, 9.17) is 139 Å². The van der Waals surface area contributed by atoms with Gasteiger partial charge in [0.1, 0.15) is 30.6 Å². The highest BCUT2D eigenvalue weighted by molar-refractivity contribution is 6.57. The van der Waals surface area contributed by atoms with Crippen LogP contribution in [-0.4, -0.2) is 329 Å². The molecule has 40 nitrogen and oxygen atoms in total. The molecule has 0 rings (SSSR count). The smallest absolute Gasteiger partial charge is 0.492 e. The molecule has 0 atom stereocenters. The molecule has 46 heteroatoms. The van der Waals surface area contributed by atoms with Gasteiger partial charge in [-0.15, -0.1) is 0 Å². The Morgan fingerprint density at radius 2 is 0.628 bits per heavy atom. The molecular formula is C40H108N6O34Si6. The van der Waals surface area contributed by atoms with E-state index in [0.29, 0.717) is 71.1 Å². The molecule has 0 saturated carbocycles. The Morgan fingerprint density at radius 1 is 0.384 bits per heavy atom. The first-order valence-corrected chi connectivity index (χ1v) is 37.2. The van der Waals surface area contributed by atoms with Crippen molar-refractivity contribution in [3.63, 3.8) is 0 Å². The van der Waals surface area contributed by atoms with Gasteiger partial charge in [0.05, 0.1) is 63.5 Å². The zero-order chi connectivity index (χ0) is 66.2. The maximum Gasteiger partial charge on any atom is 0.492 e. The van der Waals surface area contributed by atoms with Crippen LogP contribution in [0.3, 0.4) is 0 Å². The van der Waals surface area contributed by atoms with Gasteiger partial charge in [-0.1, -0.05) is 0 Å². The molecule has 86 heavy (non-hydrogen) atoms. The quantitative estimate of drug-likeness (QED) is 0.00921. The lowest BCUT2D eigenvalue weighted by Gasteiger charge is -2.14. The van der Waals surface area contributed by atoms with E-state index in [2.05, 4.69) is 20.3 Å². The zero-order valence-electron chi connectivity index (χ0n) is 49.2. The summed E-state index contributed by atoms with van der Waals surface area (Å²) in [5.41, 5.74) is 11.3. The maximum absolute atomic E-state index is 10.7. The molecule has 39 N–H and O–H groups in total. The first-order chi connectivity index (χ1) is 37.3. The second-order valence-corrected chi connectivity index (χ2v) is 29.6. The highest BCUT2D eigenvalue weighted by Gasteiger charge is 2.28. The molecule has 0 aromatic rings. The van der Waals surface area contributed by atoms with Gasteiger partial charge in [-0.05, 0) is 85.9 Å². The van der Waals surface area contributed by atoms with Crippen molar-refractivity contribution in [2.45, 2.75) is 121 Å². The molecule has 0 aliphatic rings. The van der Waals surface area contributed by atoms with E-state index in [1.54, 1.807) is 6.92 Å². The van der Waals surface area contributed by atoms with Gasteiger partial charge in [0.25, 0.3) is 0 Å². The SMILES string of the molecule is CC(=O)CC(C)=NCCC[Si](O)(O)O.CC(=O)CC(C)=O.NCCC[Si](O)(O)O.NCCC[Si](O)(O)O.O=C(CO)CO.OCC(CO)=NCCC[Si](O)(O)O.OCC(CO)=NCCC[Si](O)(O)O.OCC(CO)NCCC[Si](O)(O)O.[OH-].[OH-].[OH3+].[OH3+]. The second-order valence-electron chi connectivity index (χ2n) is 17.3. The van der Waals surface area contributed by atoms with Crippen LogP contribution in [0, 0.1) is 0 Å². The van der Waals surface area contributed by atoms with Gasteiger partial charge in [0.2, 0.25) is 0 Å². The van der Waals surface area contributed by atoms with Crippen molar-refractivity contribution in [3.8, 4) is 0 Å². The average Bonchev–Trinajstić information content (AvgIpc) is 3.33. The summed E-state index contributed by atoms with van der Waals surface area (Å²) >= 11 is 0. The maximum atomic E-state index is 10.7. The molecule has 0 fully saturated rings. The Hall–Kier alpha value is -2.33. The third-order valence-electron chi connectivity index (χ3n) is 8.14. The van der Waals surface area contributed by atoms with E-state index < -0.39 is 71.8 Å². The van der Waals surface area contributed by atoms with Gasteiger partial charge in [0.15, 0.2) is 5.78 Å². The lowest BCUT2D eigenvalue weighted by molar-refractivity contribution is -0.125. The minimum atomic E-state index is -3.94. The summed E-state index contributed by atoms with van der Waals surface area (Å²) in [5.74, 6) is -0.614. The number of hydrogen-bond acceptors (Lipinski definition) is 38. The summed E-state index contributed by atoms with van der Waals surface area (Å²) in [7, 11) is -23.2. The number of Topliss-reactive ketones (excluding diaryl/α,β-unsaturated/α-hetero) is 4. The summed E-state index contributed by atoms with van der Waals surface area (Å²) in [6, 6.07) is -0.506. The average molecular weight is 1390 g/mol. The summed E-state index contributed by atoms with van der Waals surface area (Å²) in [4.78, 5) is 206. The Bertz CT molecular complexity index is 1550. The highest BCUT2D eigenvalue weighted by Crippen LogP contribution is 2.04. The number of nitrogens with one attached hydrogen (secondary N) is 1. The zero-order valence-corrected chi connectivity index (χ0v) is 55.2. The summed E-state index contributed by atoms with van der Waals surface area (Å²) in [5, 5.41) is 69.9. The number of carbonyl (C=O) groups excluding carboxylic acids is 4. The van der Waals surface area contributed by atoms with Crippen molar-refractivity contribution in [1.29, 1.82) is 0 Å². The first kappa shape index (κ1) is 111. The number of carbonyl (C=O) groups is 4.